The van der Waals surface area contributed by atoms with Gasteiger partial charge in [0.05, 0.1) is 0 Å². The monoisotopic (exact) mass is 322 g/mol. The Balaban J connectivity index is 2.42. The van der Waals surface area contributed by atoms with Crippen LogP contribution in [-0.2, 0) is 11.2 Å². The largest absolute Gasteiger partial charge is 0.488 e. The minimum atomic E-state index is -0.503. The third-order valence-corrected chi connectivity index (χ3v) is 2.75. The molecule has 0 saturated heterocycles. The summed E-state index contributed by atoms with van der Waals surface area (Å²) in [6.07, 6.45) is 0.230. The number of nitrogens with two attached hydrogens (primary N) is 1. The lowest BCUT2D eigenvalue weighted by molar-refractivity contribution is 0.0524. The van der Waals surface area contributed by atoms with E-state index in [1.54, 1.807) is 0 Å². The van der Waals surface area contributed by atoms with E-state index in [0.29, 0.717) is 13.0 Å². The van der Waals surface area contributed by atoms with E-state index in [1.165, 1.54) is 0 Å². The van der Waals surface area contributed by atoms with Gasteiger partial charge in [-0.25, -0.2) is 4.79 Å². The molecule has 0 unspecified atom stereocenters. The Kier molecular flexibility index (Phi) is 6.45. The van der Waals surface area contributed by atoms with Crippen LogP contribution in [0.1, 0.15) is 47.1 Å². The predicted octanol–water partition coefficient (Wildman–Crippen LogP) is 3.26. The zero-order valence-electron chi connectivity index (χ0n) is 15.1. The van der Waals surface area contributed by atoms with E-state index in [4.69, 9.17) is 15.2 Å². The average molecular weight is 322 g/mol. The van der Waals surface area contributed by atoms with Gasteiger partial charge in [0, 0.05) is 12.6 Å². The quantitative estimate of drug-likeness (QED) is 0.872. The number of benzene rings is 1. The first-order chi connectivity index (χ1) is 10.4. The molecule has 1 amide bonds. The Hall–Kier alpha value is -1.75. The second kappa shape index (κ2) is 7.68. The van der Waals surface area contributed by atoms with Gasteiger partial charge < -0.3 is 20.5 Å². The third kappa shape index (κ3) is 9.08. The molecule has 1 aromatic carbocycles. The number of carbonyl (C=O) groups is 1. The predicted molar refractivity (Wildman–Crippen MR) is 92.7 cm³/mol. The van der Waals surface area contributed by atoms with E-state index in [9.17, 15) is 4.79 Å². The Labute approximate surface area is 139 Å². The van der Waals surface area contributed by atoms with Crippen molar-refractivity contribution in [1.29, 1.82) is 0 Å². The maximum absolute atomic E-state index is 11.6. The Bertz CT molecular complexity index is 498. The molecule has 0 fully saturated rings. The van der Waals surface area contributed by atoms with Gasteiger partial charge in [-0.15, -0.1) is 0 Å². The van der Waals surface area contributed by atoms with Crippen LogP contribution in [0.2, 0.25) is 0 Å². The van der Waals surface area contributed by atoms with E-state index in [-0.39, 0.29) is 11.6 Å². The molecule has 0 heterocycles. The summed E-state index contributed by atoms with van der Waals surface area (Å²) in [4.78, 5) is 11.6. The van der Waals surface area contributed by atoms with Crippen LogP contribution >= 0.6 is 0 Å². The molecule has 0 aliphatic carbocycles. The average Bonchev–Trinajstić information content (AvgIpc) is 2.35. The first-order valence-electron chi connectivity index (χ1n) is 7.95. The number of nitrogens with one attached hydrogen (secondary N) is 1. The summed E-state index contributed by atoms with van der Waals surface area (Å²) in [6.45, 7) is 11.9. The van der Waals surface area contributed by atoms with Gasteiger partial charge >= 0.3 is 6.09 Å². The second-order valence-electron chi connectivity index (χ2n) is 7.71. The molecular formula is C18H30N2O3. The summed E-state index contributed by atoms with van der Waals surface area (Å²) in [5.41, 5.74) is 6.44. The van der Waals surface area contributed by atoms with Crippen LogP contribution in [0.3, 0.4) is 0 Å². The summed E-state index contributed by atoms with van der Waals surface area (Å²) >= 11 is 0. The topological polar surface area (TPSA) is 73.6 Å². The van der Waals surface area contributed by atoms with Crippen LogP contribution in [0.4, 0.5) is 4.79 Å². The van der Waals surface area contributed by atoms with Crippen LogP contribution in [-0.4, -0.2) is 29.9 Å². The van der Waals surface area contributed by atoms with Crippen molar-refractivity contribution in [2.24, 2.45) is 5.73 Å². The summed E-state index contributed by atoms with van der Waals surface area (Å²) in [6, 6.07) is 7.70. The fourth-order valence-electron chi connectivity index (χ4n) is 1.95. The number of rotatable bonds is 5. The molecule has 23 heavy (non-hydrogen) atoms. The standard InChI is InChI=1S/C18H30N2O3/c1-17(2,3)22-15-9-7-13(8-10-15)11-14(19)12-20-16(21)23-18(4,5)6/h7-10,14H,11-12,19H2,1-6H3,(H,20,21)/t14-/m1/s1. The number of hydrogen-bond donors (Lipinski definition) is 2. The maximum atomic E-state index is 11.6. The number of amides is 1. The zero-order valence-corrected chi connectivity index (χ0v) is 15.1. The molecule has 1 atom stereocenters. The highest BCUT2D eigenvalue weighted by atomic mass is 16.6. The Morgan fingerprint density at radius 3 is 2.13 bits per heavy atom. The van der Waals surface area contributed by atoms with Crippen molar-refractivity contribution in [2.75, 3.05) is 6.54 Å². The highest BCUT2D eigenvalue weighted by Crippen LogP contribution is 2.18. The normalized spacial score (nSPS) is 13.3. The molecule has 3 N–H and O–H groups in total. The molecule has 0 aromatic heterocycles. The number of alkyl carbamates (subject to hydrolysis) is 1. The van der Waals surface area contributed by atoms with Crippen LogP contribution in [0.5, 0.6) is 5.75 Å². The molecule has 0 aliphatic heterocycles. The van der Waals surface area contributed by atoms with Crippen molar-refractivity contribution in [3.05, 3.63) is 29.8 Å². The van der Waals surface area contributed by atoms with Gasteiger partial charge in [0.1, 0.15) is 17.0 Å². The first-order valence-corrected chi connectivity index (χ1v) is 7.95. The third-order valence-electron chi connectivity index (χ3n) is 2.75. The second-order valence-corrected chi connectivity index (χ2v) is 7.71. The number of hydrogen-bond acceptors (Lipinski definition) is 4. The van der Waals surface area contributed by atoms with Crippen molar-refractivity contribution < 1.29 is 14.3 Å². The van der Waals surface area contributed by atoms with Crippen molar-refractivity contribution >= 4 is 6.09 Å². The summed E-state index contributed by atoms with van der Waals surface area (Å²) in [5.74, 6) is 0.835. The Morgan fingerprint density at radius 2 is 1.65 bits per heavy atom. The molecule has 0 spiro atoms. The highest BCUT2D eigenvalue weighted by molar-refractivity contribution is 5.67. The molecule has 0 bridgehead atoms. The number of carbonyl (C=O) groups excluding carboxylic acids is 1. The number of ether oxygens (including phenoxy) is 2. The molecule has 1 aromatic rings. The summed E-state index contributed by atoms with van der Waals surface area (Å²) < 4.78 is 11.0. The molecule has 0 aliphatic rings. The Morgan fingerprint density at radius 1 is 1.09 bits per heavy atom. The van der Waals surface area contributed by atoms with Crippen LogP contribution < -0.4 is 15.8 Å². The van der Waals surface area contributed by atoms with Gasteiger partial charge in [-0.3, -0.25) is 0 Å². The van der Waals surface area contributed by atoms with Crippen LogP contribution in [0.25, 0.3) is 0 Å². The van der Waals surface area contributed by atoms with E-state index >= 15 is 0 Å². The van der Waals surface area contributed by atoms with Gasteiger partial charge in [-0.05, 0) is 65.7 Å². The highest BCUT2D eigenvalue weighted by Gasteiger charge is 2.16. The van der Waals surface area contributed by atoms with Crippen molar-refractivity contribution in [2.45, 2.75) is 65.2 Å². The van der Waals surface area contributed by atoms with Crippen LogP contribution in [0.15, 0.2) is 24.3 Å². The molecule has 130 valence electrons. The molecule has 5 nitrogen and oxygen atoms in total. The molecule has 5 heteroatoms. The molecule has 0 saturated carbocycles. The lowest BCUT2D eigenvalue weighted by Crippen LogP contribution is -2.41. The van der Waals surface area contributed by atoms with E-state index in [1.807, 2.05) is 65.8 Å². The minimum Gasteiger partial charge on any atom is -0.488 e. The van der Waals surface area contributed by atoms with Gasteiger partial charge in [0.25, 0.3) is 0 Å². The minimum absolute atomic E-state index is 0.170. The fraction of sp³-hybridized carbons (Fsp3) is 0.611. The SMILES string of the molecule is CC(C)(C)OC(=O)NC[C@H](N)Cc1ccc(OC(C)(C)C)cc1. The van der Waals surface area contributed by atoms with Gasteiger partial charge in [-0.2, -0.15) is 0 Å². The first kappa shape index (κ1) is 19.3. The molecular weight excluding hydrogens is 292 g/mol. The maximum Gasteiger partial charge on any atom is 0.407 e. The summed E-state index contributed by atoms with van der Waals surface area (Å²) in [7, 11) is 0. The fourth-order valence-corrected chi connectivity index (χ4v) is 1.95. The van der Waals surface area contributed by atoms with Crippen molar-refractivity contribution in [3.8, 4) is 5.75 Å². The zero-order chi connectivity index (χ0) is 17.7. The summed E-state index contributed by atoms with van der Waals surface area (Å²) in [5, 5.41) is 2.69. The van der Waals surface area contributed by atoms with Gasteiger partial charge in [0.15, 0.2) is 0 Å². The molecule has 0 radical (unpaired) electrons. The van der Waals surface area contributed by atoms with E-state index in [2.05, 4.69) is 5.32 Å². The smallest absolute Gasteiger partial charge is 0.407 e. The van der Waals surface area contributed by atoms with Crippen molar-refractivity contribution in [3.63, 3.8) is 0 Å². The molecule has 1 rings (SSSR count). The lowest BCUT2D eigenvalue weighted by atomic mass is 10.1. The van der Waals surface area contributed by atoms with Crippen molar-refractivity contribution in [1.82, 2.24) is 5.32 Å². The van der Waals surface area contributed by atoms with Gasteiger partial charge in [0.2, 0.25) is 0 Å². The lowest BCUT2D eigenvalue weighted by Gasteiger charge is -2.22. The van der Waals surface area contributed by atoms with Gasteiger partial charge in [-0.1, -0.05) is 12.1 Å². The van der Waals surface area contributed by atoms with Crippen LogP contribution in [0, 0.1) is 0 Å². The van der Waals surface area contributed by atoms with E-state index in [0.717, 1.165) is 11.3 Å². The van der Waals surface area contributed by atoms with E-state index < -0.39 is 11.7 Å².